The van der Waals surface area contributed by atoms with Crippen molar-refractivity contribution in [1.82, 2.24) is 4.31 Å². The van der Waals surface area contributed by atoms with Gasteiger partial charge in [-0.3, -0.25) is 0 Å². The van der Waals surface area contributed by atoms with Crippen molar-refractivity contribution in [3.8, 4) is 0 Å². The van der Waals surface area contributed by atoms with E-state index in [1.165, 1.54) is 4.31 Å². The third kappa shape index (κ3) is 6.70. The Labute approximate surface area is 153 Å². The van der Waals surface area contributed by atoms with Crippen molar-refractivity contribution in [2.24, 2.45) is 17.6 Å². The van der Waals surface area contributed by atoms with E-state index in [0.29, 0.717) is 31.3 Å². The third-order valence-electron chi connectivity index (χ3n) is 4.57. The van der Waals surface area contributed by atoms with Crippen LogP contribution >= 0.6 is 0 Å². The monoisotopic (exact) mass is 370 g/mol. The summed E-state index contributed by atoms with van der Waals surface area (Å²) < 4.78 is 27.8. The molecule has 0 heterocycles. The molecule has 5 nitrogen and oxygen atoms in total. The first-order valence-corrected chi connectivity index (χ1v) is 10.6. The lowest BCUT2D eigenvalue weighted by Crippen LogP contribution is -2.43. The number of aliphatic hydroxyl groups excluding tert-OH is 1. The molecule has 1 aromatic rings. The Kier molecular flexibility index (Phi) is 9.07. The lowest BCUT2D eigenvalue weighted by Gasteiger charge is -2.31. The smallest absolute Gasteiger partial charge is 0.243 e. The molecule has 0 radical (unpaired) electrons. The lowest BCUT2D eigenvalue weighted by atomic mass is 10.0. The molecule has 144 valence electrons. The average Bonchev–Trinajstić information content (AvgIpc) is 2.57. The highest BCUT2D eigenvalue weighted by molar-refractivity contribution is 7.89. The summed E-state index contributed by atoms with van der Waals surface area (Å²) in [6, 6.07) is 6.48. The predicted octanol–water partition coefficient (Wildman–Crippen LogP) is 2.77. The van der Waals surface area contributed by atoms with E-state index in [1.54, 1.807) is 24.3 Å². The minimum Gasteiger partial charge on any atom is -0.395 e. The fourth-order valence-corrected chi connectivity index (χ4v) is 4.31. The first-order chi connectivity index (χ1) is 11.7. The number of rotatable bonds is 11. The van der Waals surface area contributed by atoms with Crippen molar-refractivity contribution in [1.29, 1.82) is 0 Å². The molecular weight excluding hydrogens is 336 g/mol. The van der Waals surface area contributed by atoms with E-state index in [4.69, 9.17) is 5.73 Å². The van der Waals surface area contributed by atoms with Crippen LogP contribution < -0.4 is 5.73 Å². The van der Waals surface area contributed by atoms with Gasteiger partial charge in [-0.05, 0) is 56.7 Å². The molecule has 0 spiro atoms. The third-order valence-corrected chi connectivity index (χ3v) is 6.53. The summed E-state index contributed by atoms with van der Waals surface area (Å²) in [7, 11) is -3.64. The molecule has 0 aliphatic carbocycles. The number of benzene rings is 1. The fraction of sp³-hybridized carbons (Fsp3) is 0.684. The van der Waals surface area contributed by atoms with Crippen molar-refractivity contribution in [2.45, 2.75) is 57.9 Å². The van der Waals surface area contributed by atoms with Crippen LogP contribution in [0, 0.1) is 18.8 Å². The molecule has 0 aromatic heterocycles. The second kappa shape index (κ2) is 10.3. The second-order valence-electron chi connectivity index (χ2n) is 7.37. The van der Waals surface area contributed by atoms with Gasteiger partial charge in [-0.25, -0.2) is 8.42 Å². The Balaban J connectivity index is 3.09. The summed E-state index contributed by atoms with van der Waals surface area (Å²) in [6.45, 7) is 8.91. The van der Waals surface area contributed by atoms with Gasteiger partial charge in [0.1, 0.15) is 0 Å². The van der Waals surface area contributed by atoms with E-state index in [2.05, 4.69) is 13.8 Å². The van der Waals surface area contributed by atoms with E-state index >= 15 is 0 Å². The standard InChI is InChI=1S/C19H34N2O3S/c1-15(2)11-12-21(18(14-22)8-5-17(4)13-20)25(23,24)19-9-6-16(3)7-10-19/h6-7,9-10,15,17-18,22H,5,8,11-14,20H2,1-4H3/t17?,18-/m0/s1. The summed E-state index contributed by atoms with van der Waals surface area (Å²) in [5, 5.41) is 9.86. The molecule has 1 unspecified atom stereocenters. The van der Waals surface area contributed by atoms with E-state index in [-0.39, 0.29) is 11.5 Å². The summed E-state index contributed by atoms with van der Waals surface area (Å²) in [5.74, 6) is 0.695. The molecule has 25 heavy (non-hydrogen) atoms. The Hall–Kier alpha value is -0.950. The summed E-state index contributed by atoms with van der Waals surface area (Å²) in [5.41, 5.74) is 6.69. The quantitative estimate of drug-likeness (QED) is 0.627. The maximum Gasteiger partial charge on any atom is 0.243 e. The van der Waals surface area contributed by atoms with Gasteiger partial charge in [-0.1, -0.05) is 38.5 Å². The zero-order valence-corrected chi connectivity index (χ0v) is 16.8. The Morgan fingerprint density at radius 2 is 1.68 bits per heavy atom. The number of hydrogen-bond donors (Lipinski definition) is 2. The van der Waals surface area contributed by atoms with Crippen molar-refractivity contribution >= 4 is 10.0 Å². The van der Waals surface area contributed by atoms with Crippen LogP contribution in [-0.4, -0.2) is 43.6 Å². The van der Waals surface area contributed by atoms with E-state index < -0.39 is 16.1 Å². The van der Waals surface area contributed by atoms with Crippen molar-refractivity contribution in [2.75, 3.05) is 19.7 Å². The molecule has 0 bridgehead atoms. The molecule has 0 aliphatic heterocycles. The molecule has 1 aromatic carbocycles. The van der Waals surface area contributed by atoms with Gasteiger partial charge >= 0.3 is 0 Å². The number of sulfonamides is 1. The minimum absolute atomic E-state index is 0.180. The molecule has 0 aliphatic rings. The van der Waals surface area contributed by atoms with Crippen LogP contribution in [0.25, 0.3) is 0 Å². The number of aliphatic hydroxyl groups is 1. The van der Waals surface area contributed by atoms with Gasteiger partial charge in [-0.15, -0.1) is 0 Å². The van der Waals surface area contributed by atoms with Gasteiger partial charge in [0.15, 0.2) is 0 Å². The maximum atomic E-state index is 13.2. The Morgan fingerprint density at radius 3 is 2.16 bits per heavy atom. The topological polar surface area (TPSA) is 83.6 Å². The SMILES string of the molecule is Cc1ccc(S(=O)(=O)N(CCC(C)C)[C@H](CO)CCC(C)CN)cc1. The summed E-state index contributed by atoms with van der Waals surface area (Å²) >= 11 is 0. The molecule has 2 atom stereocenters. The van der Waals surface area contributed by atoms with Crippen LogP contribution in [-0.2, 0) is 10.0 Å². The molecule has 1 rings (SSSR count). The molecule has 6 heteroatoms. The van der Waals surface area contributed by atoms with Crippen molar-refractivity contribution in [3.05, 3.63) is 29.8 Å². The number of hydrogen-bond acceptors (Lipinski definition) is 4. The van der Waals surface area contributed by atoms with Gasteiger partial charge in [0.05, 0.1) is 11.5 Å². The minimum atomic E-state index is -3.64. The Morgan fingerprint density at radius 1 is 1.08 bits per heavy atom. The van der Waals surface area contributed by atoms with Gasteiger partial charge in [0.25, 0.3) is 0 Å². The van der Waals surface area contributed by atoms with Crippen LogP contribution in [0.2, 0.25) is 0 Å². The highest BCUT2D eigenvalue weighted by Crippen LogP contribution is 2.23. The molecule has 3 N–H and O–H groups in total. The fourth-order valence-electron chi connectivity index (χ4n) is 2.65. The normalized spacial score (nSPS) is 14.9. The van der Waals surface area contributed by atoms with Gasteiger partial charge in [0.2, 0.25) is 10.0 Å². The molecular formula is C19H34N2O3S. The molecule has 0 amide bonds. The van der Waals surface area contributed by atoms with Crippen LogP contribution in [0.3, 0.4) is 0 Å². The van der Waals surface area contributed by atoms with Crippen molar-refractivity contribution in [3.63, 3.8) is 0 Å². The van der Waals surface area contributed by atoms with Gasteiger partial charge in [0, 0.05) is 12.6 Å². The first kappa shape index (κ1) is 22.1. The van der Waals surface area contributed by atoms with Crippen LogP contribution in [0.5, 0.6) is 0 Å². The summed E-state index contributed by atoms with van der Waals surface area (Å²) in [6.07, 6.45) is 2.16. The van der Waals surface area contributed by atoms with Crippen LogP contribution in [0.15, 0.2) is 29.2 Å². The molecule has 0 fully saturated rings. The molecule has 0 saturated carbocycles. The van der Waals surface area contributed by atoms with Crippen LogP contribution in [0.1, 0.15) is 45.6 Å². The van der Waals surface area contributed by atoms with E-state index in [1.807, 2.05) is 13.8 Å². The molecule has 0 saturated heterocycles. The Bertz CT molecular complexity index is 600. The van der Waals surface area contributed by atoms with E-state index in [0.717, 1.165) is 18.4 Å². The van der Waals surface area contributed by atoms with Gasteiger partial charge < -0.3 is 10.8 Å². The highest BCUT2D eigenvalue weighted by Gasteiger charge is 2.31. The zero-order chi connectivity index (χ0) is 19.0. The van der Waals surface area contributed by atoms with Crippen molar-refractivity contribution < 1.29 is 13.5 Å². The largest absolute Gasteiger partial charge is 0.395 e. The second-order valence-corrected chi connectivity index (χ2v) is 9.26. The number of nitrogens with zero attached hydrogens (tertiary/aromatic N) is 1. The average molecular weight is 371 g/mol. The van der Waals surface area contributed by atoms with E-state index in [9.17, 15) is 13.5 Å². The number of nitrogens with two attached hydrogens (primary N) is 1. The maximum absolute atomic E-state index is 13.2. The highest BCUT2D eigenvalue weighted by atomic mass is 32.2. The zero-order valence-electron chi connectivity index (χ0n) is 16.0. The number of aryl methyl sites for hydroxylation is 1. The summed E-state index contributed by atoms with van der Waals surface area (Å²) in [4.78, 5) is 0.284. The lowest BCUT2D eigenvalue weighted by molar-refractivity contribution is 0.169. The van der Waals surface area contributed by atoms with Gasteiger partial charge in [-0.2, -0.15) is 4.31 Å². The van der Waals surface area contributed by atoms with Crippen LogP contribution in [0.4, 0.5) is 0 Å². The predicted molar refractivity (Wildman–Crippen MR) is 103 cm³/mol. The first-order valence-electron chi connectivity index (χ1n) is 9.11.